The van der Waals surface area contributed by atoms with E-state index in [9.17, 15) is 9.59 Å². The summed E-state index contributed by atoms with van der Waals surface area (Å²) in [5.41, 5.74) is 4.27. The molecule has 0 fully saturated rings. The van der Waals surface area contributed by atoms with Crippen molar-refractivity contribution >= 4 is 30.0 Å². The minimum Gasteiger partial charge on any atom is -0.480 e. The zero-order valence-electron chi connectivity index (χ0n) is 15.6. The summed E-state index contributed by atoms with van der Waals surface area (Å²) in [4.78, 5) is 24.7. The van der Waals surface area contributed by atoms with Crippen molar-refractivity contribution in [3.05, 3.63) is 41.2 Å². The Bertz CT molecular complexity index is 786. The molecule has 2 N–H and O–H groups in total. The zero-order valence-corrected chi connectivity index (χ0v) is 16.4. The van der Waals surface area contributed by atoms with Gasteiger partial charge in [0.1, 0.15) is 6.04 Å². The lowest BCUT2D eigenvalue weighted by Gasteiger charge is -2.20. The number of aliphatic carboxylic acids is 1. The van der Waals surface area contributed by atoms with Crippen LogP contribution >= 0.6 is 12.4 Å². The molecule has 7 nitrogen and oxygen atoms in total. The molecule has 0 aliphatic carbocycles. The highest BCUT2D eigenvalue weighted by molar-refractivity contribution is 5.93. The monoisotopic (exact) mass is 380 g/mol. The minimum atomic E-state index is -0.963. The molecule has 2 aromatic rings. The standard InChI is InChI=1S/C18H24N4O3.ClH/c1-11-6-8-15(9-7-11)22-13(3)17(12(2)20-22)19-16(23)10-21(5)14(4)18(24)25;/h6-9,14H,10H2,1-5H3,(H,19,23)(H,24,25);1H. The van der Waals surface area contributed by atoms with Crippen LogP contribution in [0.1, 0.15) is 23.9 Å². The number of carbonyl (C=O) groups is 2. The Morgan fingerprint density at radius 3 is 2.35 bits per heavy atom. The second-order valence-corrected chi connectivity index (χ2v) is 6.27. The summed E-state index contributed by atoms with van der Waals surface area (Å²) in [7, 11) is 1.60. The van der Waals surface area contributed by atoms with E-state index in [0.717, 1.165) is 16.9 Å². The zero-order chi connectivity index (χ0) is 18.7. The number of nitrogens with zero attached hydrogens (tertiary/aromatic N) is 3. The third-order valence-corrected chi connectivity index (χ3v) is 4.25. The van der Waals surface area contributed by atoms with Crippen LogP contribution in [0.15, 0.2) is 24.3 Å². The Morgan fingerprint density at radius 2 is 1.81 bits per heavy atom. The maximum atomic E-state index is 12.3. The molecule has 1 aromatic carbocycles. The van der Waals surface area contributed by atoms with Crippen LogP contribution in [0.4, 0.5) is 5.69 Å². The molecule has 0 radical (unpaired) electrons. The number of likely N-dealkylation sites (N-methyl/N-ethyl adjacent to an activating group) is 1. The maximum Gasteiger partial charge on any atom is 0.320 e. The molecule has 0 saturated heterocycles. The molecule has 2 rings (SSSR count). The van der Waals surface area contributed by atoms with Crippen LogP contribution in [0.3, 0.4) is 0 Å². The number of halogens is 1. The first kappa shape index (κ1) is 21.7. The molecule has 0 saturated carbocycles. The Kier molecular flexibility index (Phi) is 7.35. The SMILES string of the molecule is Cc1ccc(-n2nc(C)c(NC(=O)CN(C)C(C)C(=O)O)c2C)cc1.Cl. The van der Waals surface area contributed by atoms with Crippen LogP contribution in [-0.4, -0.2) is 51.3 Å². The smallest absolute Gasteiger partial charge is 0.320 e. The number of hydrogen-bond donors (Lipinski definition) is 2. The predicted molar refractivity (Wildman–Crippen MR) is 103 cm³/mol. The maximum absolute atomic E-state index is 12.3. The van der Waals surface area contributed by atoms with E-state index >= 15 is 0 Å². The molecule has 0 bridgehead atoms. The van der Waals surface area contributed by atoms with E-state index in [-0.39, 0.29) is 24.9 Å². The Morgan fingerprint density at radius 1 is 1.23 bits per heavy atom. The molecule has 1 unspecified atom stereocenters. The van der Waals surface area contributed by atoms with E-state index in [1.54, 1.807) is 18.7 Å². The van der Waals surface area contributed by atoms with Crippen LogP contribution in [-0.2, 0) is 9.59 Å². The van der Waals surface area contributed by atoms with E-state index in [1.165, 1.54) is 4.90 Å². The van der Waals surface area contributed by atoms with Crippen molar-refractivity contribution in [2.24, 2.45) is 0 Å². The van der Waals surface area contributed by atoms with Crippen molar-refractivity contribution in [3.8, 4) is 5.69 Å². The molecule has 0 aliphatic heterocycles. The number of benzene rings is 1. The average molecular weight is 381 g/mol. The first-order chi connectivity index (χ1) is 11.7. The van der Waals surface area contributed by atoms with E-state index in [4.69, 9.17) is 5.11 Å². The van der Waals surface area contributed by atoms with Crippen molar-refractivity contribution in [3.63, 3.8) is 0 Å². The van der Waals surface area contributed by atoms with E-state index in [0.29, 0.717) is 11.4 Å². The number of rotatable bonds is 6. The predicted octanol–water partition coefficient (Wildman–Crippen LogP) is 2.56. The molecule has 0 aliphatic rings. The van der Waals surface area contributed by atoms with Crippen LogP contribution in [0.5, 0.6) is 0 Å². The number of carbonyl (C=O) groups excluding carboxylic acids is 1. The fraction of sp³-hybridized carbons (Fsp3) is 0.389. The fourth-order valence-corrected chi connectivity index (χ4v) is 2.49. The van der Waals surface area contributed by atoms with Gasteiger partial charge in [0.2, 0.25) is 5.91 Å². The van der Waals surface area contributed by atoms with E-state index in [1.807, 2.05) is 45.0 Å². The lowest BCUT2D eigenvalue weighted by Crippen LogP contribution is -2.40. The Balaban J connectivity index is 0.00000338. The van der Waals surface area contributed by atoms with Crippen molar-refractivity contribution in [2.75, 3.05) is 18.9 Å². The lowest BCUT2D eigenvalue weighted by molar-refractivity contribution is -0.142. The molecule has 1 amide bonds. The number of hydrogen-bond acceptors (Lipinski definition) is 4. The van der Waals surface area contributed by atoms with Crippen LogP contribution in [0, 0.1) is 20.8 Å². The first-order valence-corrected chi connectivity index (χ1v) is 8.07. The molecule has 1 heterocycles. The normalized spacial score (nSPS) is 11.8. The van der Waals surface area contributed by atoms with Gasteiger partial charge in [-0.1, -0.05) is 17.7 Å². The number of nitrogens with one attached hydrogen (secondary N) is 1. The van der Waals surface area contributed by atoms with Gasteiger partial charge in [-0.15, -0.1) is 12.4 Å². The highest BCUT2D eigenvalue weighted by Gasteiger charge is 2.21. The topological polar surface area (TPSA) is 87.5 Å². The van der Waals surface area contributed by atoms with Crippen molar-refractivity contribution < 1.29 is 14.7 Å². The Hall–Kier alpha value is -2.38. The third kappa shape index (κ3) is 4.83. The number of aryl methyl sites for hydroxylation is 2. The summed E-state index contributed by atoms with van der Waals surface area (Å²) in [6, 6.07) is 7.23. The van der Waals surface area contributed by atoms with Gasteiger partial charge in [-0.3, -0.25) is 14.5 Å². The van der Waals surface area contributed by atoms with Gasteiger partial charge in [0, 0.05) is 0 Å². The molecule has 26 heavy (non-hydrogen) atoms. The second-order valence-electron chi connectivity index (χ2n) is 6.27. The van der Waals surface area contributed by atoms with Gasteiger partial charge in [0.25, 0.3) is 0 Å². The first-order valence-electron chi connectivity index (χ1n) is 8.07. The van der Waals surface area contributed by atoms with Crippen molar-refractivity contribution in [1.29, 1.82) is 0 Å². The molecule has 1 atom stereocenters. The van der Waals surface area contributed by atoms with Gasteiger partial charge in [0.15, 0.2) is 0 Å². The quantitative estimate of drug-likeness (QED) is 0.804. The molecular weight excluding hydrogens is 356 g/mol. The van der Waals surface area contributed by atoms with Crippen LogP contribution < -0.4 is 5.32 Å². The highest BCUT2D eigenvalue weighted by atomic mass is 35.5. The number of carboxylic acid groups (broad SMARTS) is 1. The number of aromatic nitrogens is 2. The van der Waals surface area contributed by atoms with Gasteiger partial charge >= 0.3 is 5.97 Å². The van der Waals surface area contributed by atoms with Gasteiger partial charge < -0.3 is 10.4 Å². The summed E-state index contributed by atoms with van der Waals surface area (Å²) in [6.07, 6.45) is 0. The van der Waals surface area contributed by atoms with E-state index < -0.39 is 12.0 Å². The number of amides is 1. The van der Waals surface area contributed by atoms with Gasteiger partial charge in [-0.2, -0.15) is 5.10 Å². The minimum absolute atomic E-state index is 0. The lowest BCUT2D eigenvalue weighted by atomic mass is 10.2. The molecule has 0 spiro atoms. The fourth-order valence-electron chi connectivity index (χ4n) is 2.49. The summed E-state index contributed by atoms with van der Waals surface area (Å²) >= 11 is 0. The number of anilines is 1. The molecular formula is C18H25ClN4O3. The van der Waals surface area contributed by atoms with Crippen LogP contribution in [0.25, 0.3) is 5.69 Å². The molecule has 8 heteroatoms. The number of carboxylic acids is 1. The molecule has 1 aromatic heterocycles. The van der Waals surface area contributed by atoms with Gasteiger partial charge in [0.05, 0.1) is 29.3 Å². The average Bonchev–Trinajstić information content (AvgIpc) is 2.82. The van der Waals surface area contributed by atoms with E-state index in [2.05, 4.69) is 10.4 Å². The van der Waals surface area contributed by atoms with Gasteiger partial charge in [-0.05, 0) is 46.9 Å². The van der Waals surface area contributed by atoms with Crippen molar-refractivity contribution in [1.82, 2.24) is 14.7 Å². The summed E-state index contributed by atoms with van der Waals surface area (Å²) in [5, 5.41) is 16.4. The Labute approximate surface area is 159 Å². The van der Waals surface area contributed by atoms with Crippen molar-refractivity contribution in [2.45, 2.75) is 33.7 Å². The summed E-state index contributed by atoms with van der Waals surface area (Å²) in [6.45, 7) is 7.27. The largest absolute Gasteiger partial charge is 0.480 e. The second kappa shape index (κ2) is 8.82. The molecule has 142 valence electrons. The summed E-state index contributed by atoms with van der Waals surface area (Å²) < 4.78 is 1.79. The third-order valence-electron chi connectivity index (χ3n) is 4.25. The van der Waals surface area contributed by atoms with Gasteiger partial charge in [-0.25, -0.2) is 4.68 Å². The highest BCUT2D eigenvalue weighted by Crippen LogP contribution is 2.23. The summed E-state index contributed by atoms with van der Waals surface area (Å²) in [5.74, 6) is -1.24. The van der Waals surface area contributed by atoms with Crippen LogP contribution in [0.2, 0.25) is 0 Å².